The molecule has 1 aliphatic heterocycles. The summed E-state index contributed by atoms with van der Waals surface area (Å²) in [6.45, 7) is 1.53. The lowest BCUT2D eigenvalue weighted by Crippen LogP contribution is -2.22. The second-order valence-corrected chi connectivity index (χ2v) is 4.52. The molecule has 0 radical (unpaired) electrons. The molecule has 0 saturated carbocycles. The van der Waals surface area contributed by atoms with Gasteiger partial charge in [0.2, 0.25) is 0 Å². The monoisotopic (exact) mass is 246 g/mol. The minimum atomic E-state index is 0.0367. The van der Waals surface area contributed by atoms with E-state index in [2.05, 4.69) is 12.2 Å². The summed E-state index contributed by atoms with van der Waals surface area (Å²) in [6, 6.07) is 0. The average molecular weight is 247 g/mol. The first-order chi connectivity index (χ1) is 7.93. The summed E-state index contributed by atoms with van der Waals surface area (Å²) in [6.07, 6.45) is 12.5. The van der Waals surface area contributed by atoms with E-state index in [0.29, 0.717) is 6.61 Å². The van der Waals surface area contributed by atoms with Gasteiger partial charge in [0, 0.05) is 12.5 Å². The summed E-state index contributed by atoms with van der Waals surface area (Å²) < 4.78 is 11.0. The number of unbranched alkanes of at least 4 members (excludes halogenated alkanes) is 3. The molecule has 0 aromatic rings. The molecule has 16 heavy (non-hydrogen) atoms. The number of allylic oxidation sites excluding steroid dienone is 1. The predicted octanol–water partition coefficient (Wildman–Crippen LogP) is 3.89. The molecule has 94 valence electrons. The number of halogens is 1. The van der Waals surface area contributed by atoms with E-state index in [1.807, 2.05) is 0 Å². The van der Waals surface area contributed by atoms with Gasteiger partial charge in [-0.25, -0.2) is 0 Å². The lowest BCUT2D eigenvalue weighted by molar-refractivity contribution is -0.155. The van der Waals surface area contributed by atoms with E-state index >= 15 is 0 Å². The molecule has 0 amide bonds. The summed E-state index contributed by atoms with van der Waals surface area (Å²) in [4.78, 5) is 0. The first-order valence-electron chi connectivity index (χ1n) is 6.37. The van der Waals surface area contributed by atoms with Crippen LogP contribution in [0, 0.1) is 0 Å². The quantitative estimate of drug-likeness (QED) is 0.368. The zero-order valence-electron chi connectivity index (χ0n) is 10.00. The van der Waals surface area contributed by atoms with Crippen LogP contribution in [0.15, 0.2) is 12.2 Å². The first-order valence-corrected chi connectivity index (χ1v) is 6.91. The van der Waals surface area contributed by atoms with Crippen molar-refractivity contribution in [2.45, 2.75) is 51.2 Å². The molecule has 1 heterocycles. The third kappa shape index (κ3) is 7.26. The third-order valence-electron chi connectivity index (χ3n) is 2.69. The molecule has 0 aromatic carbocycles. The fourth-order valence-electron chi connectivity index (χ4n) is 1.72. The highest BCUT2D eigenvalue weighted by Crippen LogP contribution is 2.13. The van der Waals surface area contributed by atoms with Gasteiger partial charge < -0.3 is 9.47 Å². The van der Waals surface area contributed by atoms with Crippen LogP contribution < -0.4 is 0 Å². The SMILES string of the molecule is ClCCCCC/C=C/COC1CCCCO1. The highest BCUT2D eigenvalue weighted by Gasteiger charge is 2.12. The molecule has 1 unspecified atom stereocenters. The Morgan fingerprint density at radius 2 is 2.12 bits per heavy atom. The van der Waals surface area contributed by atoms with Crippen LogP contribution in [0.25, 0.3) is 0 Å². The molecule has 0 aliphatic carbocycles. The largest absolute Gasteiger partial charge is 0.353 e. The van der Waals surface area contributed by atoms with Crippen molar-refractivity contribution in [1.29, 1.82) is 0 Å². The minimum Gasteiger partial charge on any atom is -0.353 e. The van der Waals surface area contributed by atoms with Crippen LogP contribution in [-0.4, -0.2) is 25.4 Å². The van der Waals surface area contributed by atoms with Crippen LogP contribution in [0.1, 0.15) is 44.9 Å². The Morgan fingerprint density at radius 3 is 2.88 bits per heavy atom. The number of alkyl halides is 1. The van der Waals surface area contributed by atoms with Gasteiger partial charge in [-0.3, -0.25) is 0 Å². The Labute approximate surface area is 104 Å². The number of hydrogen-bond acceptors (Lipinski definition) is 2. The molecule has 0 N–H and O–H groups in total. The zero-order chi connectivity index (χ0) is 11.5. The van der Waals surface area contributed by atoms with Gasteiger partial charge >= 0.3 is 0 Å². The van der Waals surface area contributed by atoms with E-state index in [1.54, 1.807) is 0 Å². The maximum Gasteiger partial charge on any atom is 0.157 e. The van der Waals surface area contributed by atoms with Gasteiger partial charge in [0.25, 0.3) is 0 Å². The van der Waals surface area contributed by atoms with E-state index < -0.39 is 0 Å². The maximum atomic E-state index is 5.60. The summed E-state index contributed by atoms with van der Waals surface area (Å²) >= 11 is 5.60. The highest BCUT2D eigenvalue weighted by molar-refractivity contribution is 6.17. The standard InChI is InChI=1S/C13H23ClO2/c14-10-6-3-1-2-4-7-11-15-13-9-5-8-12-16-13/h4,7,13H,1-3,5-6,8-12H2/b7-4+. The van der Waals surface area contributed by atoms with Crippen LogP contribution in [0.2, 0.25) is 0 Å². The van der Waals surface area contributed by atoms with Crippen molar-refractivity contribution in [3.05, 3.63) is 12.2 Å². The van der Waals surface area contributed by atoms with Crippen LogP contribution >= 0.6 is 11.6 Å². The summed E-state index contributed by atoms with van der Waals surface area (Å²) in [7, 11) is 0. The summed E-state index contributed by atoms with van der Waals surface area (Å²) in [5, 5.41) is 0. The fraction of sp³-hybridized carbons (Fsp3) is 0.846. The Morgan fingerprint density at radius 1 is 1.19 bits per heavy atom. The molecule has 0 aromatic heterocycles. The topological polar surface area (TPSA) is 18.5 Å². The Kier molecular flexibility index (Phi) is 8.87. The fourth-order valence-corrected chi connectivity index (χ4v) is 1.91. The molecule has 3 heteroatoms. The maximum absolute atomic E-state index is 5.60. The van der Waals surface area contributed by atoms with Gasteiger partial charge in [-0.15, -0.1) is 11.6 Å². The normalized spacial score (nSPS) is 21.7. The van der Waals surface area contributed by atoms with Crippen molar-refractivity contribution < 1.29 is 9.47 Å². The molecule has 2 nitrogen and oxygen atoms in total. The van der Waals surface area contributed by atoms with Crippen LogP contribution in [0.5, 0.6) is 0 Å². The Bertz CT molecular complexity index is 177. The lowest BCUT2D eigenvalue weighted by atomic mass is 10.2. The number of rotatable bonds is 8. The van der Waals surface area contributed by atoms with Gasteiger partial charge in [-0.1, -0.05) is 18.6 Å². The van der Waals surface area contributed by atoms with Gasteiger partial charge in [-0.2, -0.15) is 0 Å². The van der Waals surface area contributed by atoms with Crippen LogP contribution in [0.4, 0.5) is 0 Å². The van der Waals surface area contributed by atoms with Crippen molar-refractivity contribution in [2.75, 3.05) is 19.1 Å². The first kappa shape index (κ1) is 14.0. The van der Waals surface area contributed by atoms with Crippen molar-refractivity contribution in [3.8, 4) is 0 Å². The Balaban J connectivity index is 1.87. The molecule has 1 fully saturated rings. The molecule has 1 saturated heterocycles. The van der Waals surface area contributed by atoms with Gasteiger partial charge in [0.1, 0.15) is 0 Å². The lowest BCUT2D eigenvalue weighted by Gasteiger charge is -2.21. The second-order valence-electron chi connectivity index (χ2n) is 4.14. The minimum absolute atomic E-state index is 0.0367. The van der Waals surface area contributed by atoms with Crippen molar-refractivity contribution in [3.63, 3.8) is 0 Å². The zero-order valence-corrected chi connectivity index (χ0v) is 10.8. The third-order valence-corrected chi connectivity index (χ3v) is 2.95. The molecule has 1 atom stereocenters. The molecular weight excluding hydrogens is 224 g/mol. The molecular formula is C13H23ClO2. The second kappa shape index (κ2) is 10.1. The molecule has 0 spiro atoms. The predicted molar refractivity (Wildman–Crippen MR) is 67.9 cm³/mol. The smallest absolute Gasteiger partial charge is 0.157 e. The van der Waals surface area contributed by atoms with Crippen molar-refractivity contribution in [1.82, 2.24) is 0 Å². The van der Waals surface area contributed by atoms with Crippen molar-refractivity contribution in [2.24, 2.45) is 0 Å². The average Bonchev–Trinajstić information content (AvgIpc) is 2.34. The molecule has 0 bridgehead atoms. The van der Waals surface area contributed by atoms with Crippen LogP contribution in [-0.2, 0) is 9.47 Å². The van der Waals surface area contributed by atoms with Gasteiger partial charge in [-0.05, 0) is 38.5 Å². The van der Waals surface area contributed by atoms with E-state index in [9.17, 15) is 0 Å². The van der Waals surface area contributed by atoms with Gasteiger partial charge in [0.15, 0.2) is 6.29 Å². The van der Waals surface area contributed by atoms with E-state index in [0.717, 1.165) is 31.7 Å². The highest BCUT2D eigenvalue weighted by atomic mass is 35.5. The van der Waals surface area contributed by atoms with E-state index in [-0.39, 0.29) is 6.29 Å². The molecule has 1 aliphatic rings. The van der Waals surface area contributed by atoms with Crippen molar-refractivity contribution >= 4 is 11.6 Å². The van der Waals surface area contributed by atoms with E-state index in [1.165, 1.54) is 25.7 Å². The number of ether oxygens (including phenoxy) is 2. The van der Waals surface area contributed by atoms with Gasteiger partial charge in [0.05, 0.1) is 6.61 Å². The van der Waals surface area contributed by atoms with Crippen LogP contribution in [0.3, 0.4) is 0 Å². The summed E-state index contributed by atoms with van der Waals surface area (Å²) in [5.74, 6) is 0.784. The number of hydrogen-bond donors (Lipinski definition) is 0. The molecule has 1 rings (SSSR count). The Hall–Kier alpha value is -0.0500. The van der Waals surface area contributed by atoms with E-state index in [4.69, 9.17) is 21.1 Å². The summed E-state index contributed by atoms with van der Waals surface area (Å²) in [5.41, 5.74) is 0.